The Morgan fingerprint density at radius 3 is 2.47 bits per heavy atom. The van der Waals surface area contributed by atoms with Crippen LogP contribution in [-0.4, -0.2) is 38.8 Å². The van der Waals surface area contributed by atoms with Gasteiger partial charge in [0, 0.05) is 6.07 Å². The van der Waals surface area contributed by atoms with Crippen molar-refractivity contribution in [1.82, 2.24) is 14.9 Å². The van der Waals surface area contributed by atoms with E-state index in [4.69, 9.17) is 38.3 Å². The average molecular weight is 539 g/mol. The van der Waals surface area contributed by atoms with Crippen LogP contribution in [0.5, 0.6) is 11.5 Å². The first-order chi connectivity index (χ1) is 17.1. The third kappa shape index (κ3) is 4.68. The SMILES string of the molecule is N#C/C(=N/Nc1cc(Cl)c(Oc2ccc3[nH]c(=O)n(C4(C(F)F)CC4)c3c2)c(Cl)c1)C(=O)NC(=O)O. The number of benzene rings is 2. The molecule has 1 aliphatic rings. The average Bonchev–Trinajstić information content (AvgIpc) is 3.53. The molecule has 1 aromatic heterocycles. The number of carbonyl (C=O) groups is 2. The van der Waals surface area contributed by atoms with Crippen molar-refractivity contribution in [3.63, 3.8) is 0 Å². The molecule has 0 radical (unpaired) electrons. The number of carboxylic acid groups (broad SMARTS) is 1. The van der Waals surface area contributed by atoms with E-state index in [9.17, 15) is 23.2 Å². The summed E-state index contributed by atoms with van der Waals surface area (Å²) in [4.78, 5) is 37.1. The number of hydrazone groups is 1. The third-order valence-corrected chi connectivity index (χ3v) is 5.89. The quantitative estimate of drug-likeness (QED) is 0.258. The Hall–Kier alpha value is -4.15. The Balaban J connectivity index is 1.60. The Kier molecular flexibility index (Phi) is 6.57. The number of rotatable bonds is 7. The fourth-order valence-electron chi connectivity index (χ4n) is 3.50. The molecule has 0 bridgehead atoms. The lowest BCUT2D eigenvalue weighted by Crippen LogP contribution is -2.34. The van der Waals surface area contributed by atoms with Crippen LogP contribution in [0.1, 0.15) is 12.8 Å². The van der Waals surface area contributed by atoms with Gasteiger partial charge in [-0.2, -0.15) is 10.4 Å². The zero-order chi connectivity index (χ0) is 26.2. The molecule has 4 N–H and O–H groups in total. The molecule has 0 unspecified atom stereocenters. The smallest absolute Gasteiger partial charge is 0.411 e. The Morgan fingerprint density at radius 1 is 1.25 bits per heavy atom. The van der Waals surface area contributed by atoms with Crippen LogP contribution in [0.25, 0.3) is 11.0 Å². The maximum atomic E-state index is 13.7. The summed E-state index contributed by atoms with van der Waals surface area (Å²) in [6, 6.07) is 8.46. The molecular formula is C21H14Cl2F2N6O5. The summed E-state index contributed by atoms with van der Waals surface area (Å²) in [7, 11) is 0. The van der Waals surface area contributed by atoms with E-state index in [2.05, 4.69) is 15.5 Å². The van der Waals surface area contributed by atoms with Crippen LogP contribution in [0, 0.1) is 11.3 Å². The van der Waals surface area contributed by atoms with E-state index in [1.165, 1.54) is 41.7 Å². The van der Waals surface area contributed by atoms with Crippen LogP contribution >= 0.6 is 23.2 Å². The number of nitrogens with one attached hydrogen (secondary N) is 3. The molecule has 15 heteroatoms. The second-order valence-corrected chi connectivity index (χ2v) is 8.48. The molecule has 186 valence electrons. The lowest BCUT2D eigenvalue weighted by atomic mass is 10.2. The summed E-state index contributed by atoms with van der Waals surface area (Å²) >= 11 is 12.5. The second kappa shape index (κ2) is 9.48. The van der Waals surface area contributed by atoms with Gasteiger partial charge in [-0.1, -0.05) is 23.2 Å². The van der Waals surface area contributed by atoms with Crippen LogP contribution in [0.4, 0.5) is 19.3 Å². The van der Waals surface area contributed by atoms with Gasteiger partial charge >= 0.3 is 11.8 Å². The van der Waals surface area contributed by atoms with Gasteiger partial charge in [0.05, 0.1) is 26.8 Å². The number of alkyl halides is 2. The highest BCUT2D eigenvalue weighted by atomic mass is 35.5. The number of halogens is 4. The summed E-state index contributed by atoms with van der Waals surface area (Å²) in [5.74, 6) is -1.08. The molecule has 0 aliphatic heterocycles. The van der Waals surface area contributed by atoms with E-state index >= 15 is 0 Å². The van der Waals surface area contributed by atoms with Gasteiger partial charge < -0.3 is 14.8 Å². The van der Waals surface area contributed by atoms with Gasteiger partial charge in [-0.05, 0) is 37.1 Å². The first-order valence-electron chi connectivity index (χ1n) is 10.0. The zero-order valence-corrected chi connectivity index (χ0v) is 19.3. The summed E-state index contributed by atoms with van der Waals surface area (Å²) in [5, 5.41) is 22.5. The summed E-state index contributed by atoms with van der Waals surface area (Å²) in [6.45, 7) is 0. The Morgan fingerprint density at radius 2 is 1.92 bits per heavy atom. The van der Waals surface area contributed by atoms with E-state index in [0.29, 0.717) is 5.52 Å². The molecule has 36 heavy (non-hydrogen) atoms. The van der Waals surface area contributed by atoms with Crippen molar-refractivity contribution >= 4 is 57.6 Å². The fraction of sp³-hybridized carbons (Fsp3) is 0.190. The Labute approximate surface area is 209 Å². The second-order valence-electron chi connectivity index (χ2n) is 7.66. The lowest BCUT2D eigenvalue weighted by Gasteiger charge is -2.16. The Bertz CT molecular complexity index is 1500. The van der Waals surface area contributed by atoms with E-state index in [-0.39, 0.29) is 45.6 Å². The van der Waals surface area contributed by atoms with Crippen LogP contribution in [0.15, 0.2) is 40.2 Å². The molecule has 1 saturated carbocycles. The topological polar surface area (TPSA) is 162 Å². The predicted molar refractivity (Wildman–Crippen MR) is 125 cm³/mol. The molecule has 1 aliphatic carbocycles. The van der Waals surface area contributed by atoms with Gasteiger partial charge in [-0.3, -0.25) is 20.1 Å². The minimum Gasteiger partial charge on any atom is -0.465 e. The molecule has 2 amide bonds. The first kappa shape index (κ1) is 25.0. The number of H-pyrrole nitrogens is 1. The van der Waals surface area contributed by atoms with Crippen molar-refractivity contribution < 1.29 is 28.2 Å². The third-order valence-electron chi connectivity index (χ3n) is 5.33. The van der Waals surface area contributed by atoms with Crippen molar-refractivity contribution in [3.05, 3.63) is 50.9 Å². The van der Waals surface area contributed by atoms with E-state index in [1.54, 1.807) is 0 Å². The molecule has 3 aromatic rings. The molecule has 0 saturated heterocycles. The van der Waals surface area contributed by atoms with Gasteiger partial charge in [-0.25, -0.2) is 18.4 Å². The van der Waals surface area contributed by atoms with Crippen molar-refractivity contribution in [2.75, 3.05) is 5.43 Å². The minimum atomic E-state index is -2.72. The molecule has 11 nitrogen and oxygen atoms in total. The number of aromatic amines is 1. The highest BCUT2D eigenvalue weighted by molar-refractivity contribution is 6.46. The maximum Gasteiger partial charge on any atom is 0.411 e. The lowest BCUT2D eigenvalue weighted by molar-refractivity contribution is -0.114. The van der Waals surface area contributed by atoms with E-state index in [0.717, 1.165) is 4.57 Å². The number of nitriles is 1. The number of aromatic nitrogens is 2. The molecule has 0 atom stereocenters. The first-order valence-corrected chi connectivity index (χ1v) is 10.8. The number of amides is 2. The highest BCUT2D eigenvalue weighted by Crippen LogP contribution is 2.49. The van der Waals surface area contributed by atoms with Gasteiger partial charge in [0.15, 0.2) is 5.75 Å². The van der Waals surface area contributed by atoms with Gasteiger partial charge in [0.1, 0.15) is 17.4 Å². The fourth-order valence-corrected chi connectivity index (χ4v) is 4.06. The molecule has 2 aromatic carbocycles. The zero-order valence-electron chi connectivity index (χ0n) is 17.8. The maximum absolute atomic E-state index is 13.7. The number of ether oxygens (including phenoxy) is 1. The standard InChI is InChI=1S/C21H14Cl2F2N6O5/c22-11-5-9(29-30-14(8-26)17(32)28-20(34)35)6-12(23)16(11)36-10-1-2-13-15(7-10)31(19(33)27-13)21(3-4-21)18(24)25/h1-2,5-7,18,29H,3-4H2,(H,27,33)(H,28,32)(H,34,35)/b30-14-. The highest BCUT2D eigenvalue weighted by Gasteiger charge is 2.54. The number of nitrogens with zero attached hydrogens (tertiary/aromatic N) is 3. The number of imide groups is 1. The molecule has 1 fully saturated rings. The number of hydrogen-bond donors (Lipinski definition) is 4. The van der Waals surface area contributed by atoms with Crippen LogP contribution in [0.3, 0.4) is 0 Å². The van der Waals surface area contributed by atoms with Crippen molar-refractivity contribution in [2.45, 2.75) is 24.8 Å². The number of imidazole rings is 1. The number of carbonyl (C=O) groups excluding carboxylic acids is 1. The van der Waals surface area contributed by atoms with Gasteiger partial charge in [-0.15, -0.1) is 0 Å². The molecular weight excluding hydrogens is 525 g/mol. The summed E-state index contributed by atoms with van der Waals surface area (Å²) in [5.41, 5.74) is 0.114. The normalized spacial score (nSPS) is 14.4. The largest absolute Gasteiger partial charge is 0.465 e. The van der Waals surface area contributed by atoms with E-state index in [1.807, 2.05) is 0 Å². The monoisotopic (exact) mass is 538 g/mol. The number of hydrogen-bond acceptors (Lipinski definition) is 7. The van der Waals surface area contributed by atoms with Crippen LogP contribution in [-0.2, 0) is 10.3 Å². The number of anilines is 1. The van der Waals surface area contributed by atoms with Crippen molar-refractivity contribution in [2.24, 2.45) is 5.10 Å². The van der Waals surface area contributed by atoms with Gasteiger partial charge in [0.25, 0.3) is 12.3 Å². The predicted octanol–water partition coefficient (Wildman–Crippen LogP) is 4.27. The van der Waals surface area contributed by atoms with Crippen molar-refractivity contribution in [1.29, 1.82) is 5.26 Å². The van der Waals surface area contributed by atoms with Gasteiger partial charge in [0.2, 0.25) is 5.71 Å². The summed E-state index contributed by atoms with van der Waals surface area (Å²) in [6.07, 6.45) is -4.04. The minimum absolute atomic E-state index is 0.00392. The van der Waals surface area contributed by atoms with Crippen LogP contribution < -0.4 is 21.2 Å². The van der Waals surface area contributed by atoms with E-state index < -0.39 is 35.4 Å². The van der Waals surface area contributed by atoms with Crippen LogP contribution in [0.2, 0.25) is 10.0 Å². The number of fused-ring (bicyclic) bond motifs is 1. The summed E-state index contributed by atoms with van der Waals surface area (Å²) < 4.78 is 34.1. The molecule has 0 spiro atoms. The van der Waals surface area contributed by atoms with Crippen molar-refractivity contribution in [3.8, 4) is 17.6 Å². The molecule has 1 heterocycles. The molecule has 4 rings (SSSR count).